The van der Waals surface area contributed by atoms with Crippen LogP contribution >= 0.6 is 11.3 Å². The Morgan fingerprint density at radius 3 is 2.75 bits per heavy atom. The van der Waals surface area contributed by atoms with Gasteiger partial charge >= 0.3 is 6.03 Å². The van der Waals surface area contributed by atoms with Gasteiger partial charge in [0.25, 0.3) is 0 Å². The highest BCUT2D eigenvalue weighted by atomic mass is 32.1. The molecule has 0 spiro atoms. The van der Waals surface area contributed by atoms with E-state index in [-0.39, 0.29) is 6.03 Å². The van der Waals surface area contributed by atoms with E-state index in [9.17, 15) is 4.79 Å². The molecule has 0 bridgehead atoms. The number of amides is 2. The maximum atomic E-state index is 12.3. The van der Waals surface area contributed by atoms with E-state index in [2.05, 4.69) is 20.2 Å². The number of nitrogens with zero attached hydrogens (tertiary/aromatic N) is 4. The lowest BCUT2D eigenvalue weighted by Crippen LogP contribution is -2.36. The van der Waals surface area contributed by atoms with Gasteiger partial charge in [0.2, 0.25) is 0 Å². The van der Waals surface area contributed by atoms with Crippen molar-refractivity contribution in [3.8, 4) is 0 Å². The quantitative estimate of drug-likeness (QED) is 0.919. The molecule has 1 saturated heterocycles. The van der Waals surface area contributed by atoms with E-state index in [1.54, 1.807) is 29.5 Å². The van der Waals surface area contributed by atoms with Crippen LogP contribution in [0.15, 0.2) is 24.5 Å². The van der Waals surface area contributed by atoms with E-state index in [0.717, 1.165) is 42.0 Å². The molecule has 1 aliphatic rings. The number of thiazole rings is 1. The fourth-order valence-electron chi connectivity index (χ4n) is 2.44. The molecule has 3 rings (SSSR count). The summed E-state index contributed by atoms with van der Waals surface area (Å²) in [5, 5.41) is 3.87. The van der Waals surface area contributed by atoms with Crippen molar-refractivity contribution in [2.45, 2.75) is 13.5 Å². The van der Waals surface area contributed by atoms with Crippen molar-refractivity contribution in [3.05, 3.63) is 34.4 Å². The van der Waals surface area contributed by atoms with Gasteiger partial charge in [0, 0.05) is 31.2 Å². The SMILES string of the molecule is Cc1ncc(CN(C)C(=O)Nc2ccc(N3CCOCC3)nc2)s1. The molecule has 0 unspecified atom stereocenters. The molecule has 2 aromatic rings. The lowest BCUT2D eigenvalue weighted by atomic mass is 10.3. The second-order valence-electron chi connectivity index (χ2n) is 5.64. The second-order valence-corrected chi connectivity index (χ2v) is 6.96. The first-order chi connectivity index (χ1) is 11.6. The summed E-state index contributed by atoms with van der Waals surface area (Å²) in [4.78, 5) is 25.8. The first-order valence-corrected chi connectivity index (χ1v) is 8.65. The van der Waals surface area contributed by atoms with Crippen molar-refractivity contribution in [3.63, 3.8) is 0 Å². The number of urea groups is 1. The Labute approximate surface area is 145 Å². The van der Waals surface area contributed by atoms with Crippen molar-refractivity contribution in [1.29, 1.82) is 0 Å². The fraction of sp³-hybridized carbons (Fsp3) is 0.438. The van der Waals surface area contributed by atoms with Gasteiger partial charge in [-0.05, 0) is 19.1 Å². The monoisotopic (exact) mass is 347 g/mol. The second kappa shape index (κ2) is 7.59. The van der Waals surface area contributed by atoms with E-state index in [1.807, 2.05) is 25.3 Å². The average Bonchev–Trinajstić information content (AvgIpc) is 3.01. The van der Waals surface area contributed by atoms with Gasteiger partial charge in [-0.2, -0.15) is 0 Å². The Balaban J connectivity index is 1.55. The molecule has 0 aromatic carbocycles. The molecular formula is C16H21N5O2S. The standard InChI is InChI=1S/C16H21N5O2S/c1-12-17-10-14(24-12)11-20(2)16(22)19-13-3-4-15(18-9-13)21-5-7-23-8-6-21/h3-4,9-10H,5-8,11H2,1-2H3,(H,19,22). The minimum Gasteiger partial charge on any atom is -0.378 e. The number of aryl methyl sites for hydroxylation is 1. The molecule has 8 heteroatoms. The molecule has 1 N–H and O–H groups in total. The zero-order valence-corrected chi connectivity index (χ0v) is 14.7. The fourth-order valence-corrected chi connectivity index (χ4v) is 3.29. The highest BCUT2D eigenvalue weighted by Crippen LogP contribution is 2.17. The van der Waals surface area contributed by atoms with E-state index < -0.39 is 0 Å². The number of rotatable bonds is 4. The predicted octanol–water partition coefficient (Wildman–Crippen LogP) is 2.35. The molecule has 128 valence electrons. The smallest absolute Gasteiger partial charge is 0.321 e. The van der Waals surface area contributed by atoms with Gasteiger partial charge in [-0.3, -0.25) is 0 Å². The topological polar surface area (TPSA) is 70.6 Å². The lowest BCUT2D eigenvalue weighted by molar-refractivity contribution is 0.122. The molecule has 1 aliphatic heterocycles. The summed E-state index contributed by atoms with van der Waals surface area (Å²) in [7, 11) is 1.76. The number of carbonyl (C=O) groups excluding carboxylic acids is 1. The zero-order valence-electron chi connectivity index (χ0n) is 13.9. The summed E-state index contributed by atoms with van der Waals surface area (Å²) >= 11 is 1.60. The van der Waals surface area contributed by atoms with Crippen LogP contribution in [0.4, 0.5) is 16.3 Å². The molecule has 0 atom stereocenters. The highest BCUT2D eigenvalue weighted by Gasteiger charge is 2.14. The summed E-state index contributed by atoms with van der Waals surface area (Å²) in [5.41, 5.74) is 0.685. The number of carbonyl (C=O) groups is 1. The molecule has 2 amide bonds. The minimum absolute atomic E-state index is 0.165. The van der Waals surface area contributed by atoms with Gasteiger partial charge in [0.05, 0.1) is 36.7 Å². The molecule has 7 nitrogen and oxygen atoms in total. The maximum Gasteiger partial charge on any atom is 0.321 e. The molecule has 2 aromatic heterocycles. The van der Waals surface area contributed by atoms with E-state index in [4.69, 9.17) is 4.74 Å². The molecule has 1 fully saturated rings. The van der Waals surface area contributed by atoms with Crippen LogP contribution in [0.3, 0.4) is 0 Å². The Kier molecular flexibility index (Phi) is 5.27. The summed E-state index contributed by atoms with van der Waals surface area (Å²) in [6, 6.07) is 3.63. The van der Waals surface area contributed by atoms with Crippen molar-refractivity contribution < 1.29 is 9.53 Å². The highest BCUT2D eigenvalue weighted by molar-refractivity contribution is 7.11. The molecule has 0 radical (unpaired) electrons. The number of pyridine rings is 1. The number of aromatic nitrogens is 2. The Morgan fingerprint density at radius 1 is 1.33 bits per heavy atom. The summed E-state index contributed by atoms with van der Waals surface area (Å²) in [5.74, 6) is 0.907. The van der Waals surface area contributed by atoms with Gasteiger partial charge in [-0.25, -0.2) is 14.8 Å². The van der Waals surface area contributed by atoms with E-state index in [0.29, 0.717) is 12.2 Å². The maximum absolute atomic E-state index is 12.3. The Bertz CT molecular complexity index is 682. The molecule has 0 saturated carbocycles. The van der Waals surface area contributed by atoms with Crippen molar-refractivity contribution >= 4 is 28.9 Å². The summed E-state index contributed by atoms with van der Waals surface area (Å²) in [6.07, 6.45) is 3.50. The first-order valence-electron chi connectivity index (χ1n) is 7.84. The third-order valence-corrected chi connectivity index (χ3v) is 4.64. The van der Waals surface area contributed by atoms with Crippen LogP contribution in [-0.2, 0) is 11.3 Å². The summed E-state index contributed by atoms with van der Waals surface area (Å²) < 4.78 is 5.34. The van der Waals surface area contributed by atoms with E-state index in [1.165, 1.54) is 0 Å². The Hall–Kier alpha value is -2.19. The van der Waals surface area contributed by atoms with Gasteiger partial charge < -0.3 is 19.9 Å². The molecular weight excluding hydrogens is 326 g/mol. The van der Waals surface area contributed by atoms with Crippen molar-refractivity contribution in [2.24, 2.45) is 0 Å². The van der Waals surface area contributed by atoms with Crippen LogP contribution in [0.2, 0.25) is 0 Å². The average molecular weight is 347 g/mol. The Morgan fingerprint density at radius 2 is 2.12 bits per heavy atom. The van der Waals surface area contributed by atoms with Crippen LogP contribution in [0, 0.1) is 6.92 Å². The zero-order chi connectivity index (χ0) is 16.9. The minimum atomic E-state index is -0.165. The van der Waals surface area contributed by atoms with Crippen LogP contribution < -0.4 is 10.2 Å². The number of hydrogen-bond donors (Lipinski definition) is 1. The normalized spacial score (nSPS) is 14.5. The molecule has 0 aliphatic carbocycles. The summed E-state index contributed by atoms with van der Waals surface area (Å²) in [6.45, 7) is 5.63. The largest absolute Gasteiger partial charge is 0.378 e. The first kappa shape index (κ1) is 16.7. The predicted molar refractivity (Wildman–Crippen MR) is 94.6 cm³/mol. The molecule has 24 heavy (non-hydrogen) atoms. The van der Waals surface area contributed by atoms with Crippen LogP contribution in [0.1, 0.15) is 9.88 Å². The van der Waals surface area contributed by atoms with Gasteiger partial charge in [0.1, 0.15) is 5.82 Å². The van der Waals surface area contributed by atoms with Gasteiger partial charge in [-0.1, -0.05) is 0 Å². The number of morpholine rings is 1. The number of hydrogen-bond acceptors (Lipinski definition) is 6. The number of nitrogens with one attached hydrogen (secondary N) is 1. The molecule has 3 heterocycles. The van der Waals surface area contributed by atoms with Crippen LogP contribution in [0.5, 0.6) is 0 Å². The van der Waals surface area contributed by atoms with Crippen molar-refractivity contribution in [1.82, 2.24) is 14.9 Å². The van der Waals surface area contributed by atoms with Gasteiger partial charge in [0.15, 0.2) is 0 Å². The van der Waals surface area contributed by atoms with E-state index >= 15 is 0 Å². The van der Waals surface area contributed by atoms with Crippen LogP contribution in [-0.4, -0.2) is 54.2 Å². The number of anilines is 2. The third-order valence-electron chi connectivity index (χ3n) is 3.74. The van der Waals surface area contributed by atoms with Crippen LogP contribution in [0.25, 0.3) is 0 Å². The van der Waals surface area contributed by atoms with Crippen molar-refractivity contribution in [2.75, 3.05) is 43.6 Å². The lowest BCUT2D eigenvalue weighted by Gasteiger charge is -2.27. The number of ether oxygens (including phenoxy) is 1. The van der Waals surface area contributed by atoms with Gasteiger partial charge in [-0.15, -0.1) is 11.3 Å². The third kappa shape index (κ3) is 4.21.